The van der Waals surface area contributed by atoms with Crippen molar-refractivity contribution in [3.63, 3.8) is 0 Å². The molecule has 1 amide bonds. The lowest BCUT2D eigenvalue weighted by atomic mass is 10.2. The molecule has 0 bridgehead atoms. The molecule has 3 nitrogen and oxygen atoms in total. The molecular weight excluding hydrogens is 395 g/mol. The summed E-state index contributed by atoms with van der Waals surface area (Å²) in [5, 5.41) is 5.74. The number of hydrogen-bond acceptors (Lipinski definition) is 2. The van der Waals surface area contributed by atoms with Crippen LogP contribution in [-0.4, -0.2) is 18.5 Å². The standard InChI is InChI=1S/C12H12BrIN2O/c1-3-6-15-12(17)8(2)16-9-4-5-10(13)11(14)7-9/h1,4-5,7-8,16H,6H2,2H3,(H,15,17). The lowest BCUT2D eigenvalue weighted by molar-refractivity contribution is -0.121. The van der Waals surface area contributed by atoms with E-state index in [2.05, 4.69) is 55.1 Å². The Morgan fingerprint density at radius 2 is 2.35 bits per heavy atom. The Labute approximate surface area is 123 Å². The lowest BCUT2D eigenvalue weighted by Gasteiger charge is -2.14. The lowest BCUT2D eigenvalue weighted by Crippen LogP contribution is -2.37. The Bertz CT molecular complexity index is 456. The van der Waals surface area contributed by atoms with Crippen LogP contribution in [0.1, 0.15) is 6.92 Å². The number of terminal acetylenes is 1. The van der Waals surface area contributed by atoms with Gasteiger partial charge in [0.15, 0.2) is 0 Å². The fraction of sp³-hybridized carbons (Fsp3) is 0.250. The highest BCUT2D eigenvalue weighted by atomic mass is 127. The average molecular weight is 407 g/mol. The number of benzene rings is 1. The predicted octanol–water partition coefficient (Wildman–Crippen LogP) is 2.60. The molecule has 0 saturated carbocycles. The molecule has 0 aliphatic carbocycles. The maximum atomic E-state index is 11.6. The number of carbonyl (C=O) groups excluding carboxylic acids is 1. The molecule has 0 spiro atoms. The zero-order valence-electron chi connectivity index (χ0n) is 9.26. The van der Waals surface area contributed by atoms with Crippen LogP contribution in [0.15, 0.2) is 22.7 Å². The van der Waals surface area contributed by atoms with Crippen molar-refractivity contribution < 1.29 is 4.79 Å². The van der Waals surface area contributed by atoms with Gasteiger partial charge in [-0.1, -0.05) is 5.92 Å². The molecule has 5 heteroatoms. The van der Waals surface area contributed by atoms with E-state index in [9.17, 15) is 4.79 Å². The van der Waals surface area contributed by atoms with Gasteiger partial charge in [-0.15, -0.1) is 6.42 Å². The smallest absolute Gasteiger partial charge is 0.242 e. The summed E-state index contributed by atoms with van der Waals surface area (Å²) in [6, 6.07) is 5.50. The molecule has 0 fully saturated rings. The number of anilines is 1. The van der Waals surface area contributed by atoms with E-state index in [4.69, 9.17) is 6.42 Å². The Kier molecular flexibility index (Phi) is 5.78. The molecule has 0 heterocycles. The van der Waals surface area contributed by atoms with Crippen molar-refractivity contribution in [2.24, 2.45) is 0 Å². The number of carbonyl (C=O) groups is 1. The topological polar surface area (TPSA) is 41.1 Å². The molecule has 17 heavy (non-hydrogen) atoms. The summed E-state index contributed by atoms with van der Waals surface area (Å²) >= 11 is 5.64. The minimum Gasteiger partial charge on any atom is -0.374 e. The van der Waals surface area contributed by atoms with Gasteiger partial charge in [0.05, 0.1) is 6.54 Å². The number of amides is 1. The van der Waals surface area contributed by atoms with Crippen LogP contribution < -0.4 is 10.6 Å². The Morgan fingerprint density at radius 1 is 1.65 bits per heavy atom. The quantitative estimate of drug-likeness (QED) is 0.596. The van der Waals surface area contributed by atoms with Gasteiger partial charge in [-0.2, -0.15) is 0 Å². The van der Waals surface area contributed by atoms with E-state index in [-0.39, 0.29) is 18.5 Å². The molecule has 1 atom stereocenters. The van der Waals surface area contributed by atoms with E-state index in [0.717, 1.165) is 13.7 Å². The Hall–Kier alpha value is -0.740. The van der Waals surface area contributed by atoms with Crippen LogP contribution >= 0.6 is 38.5 Å². The van der Waals surface area contributed by atoms with Crippen molar-refractivity contribution in [3.05, 3.63) is 26.2 Å². The third-order valence-corrected chi connectivity index (χ3v) is 4.39. The number of hydrogen-bond donors (Lipinski definition) is 2. The van der Waals surface area contributed by atoms with Gasteiger partial charge >= 0.3 is 0 Å². The van der Waals surface area contributed by atoms with Crippen molar-refractivity contribution in [3.8, 4) is 12.3 Å². The predicted molar refractivity (Wildman–Crippen MR) is 81.8 cm³/mol. The van der Waals surface area contributed by atoms with Crippen molar-refractivity contribution in [2.45, 2.75) is 13.0 Å². The highest BCUT2D eigenvalue weighted by Gasteiger charge is 2.11. The first-order valence-electron chi connectivity index (χ1n) is 4.97. The minimum absolute atomic E-state index is 0.110. The van der Waals surface area contributed by atoms with Gasteiger partial charge in [-0.3, -0.25) is 4.79 Å². The molecule has 90 valence electrons. The Morgan fingerprint density at radius 3 is 2.94 bits per heavy atom. The van der Waals surface area contributed by atoms with Crippen LogP contribution in [0.4, 0.5) is 5.69 Å². The summed E-state index contributed by atoms with van der Waals surface area (Å²) in [5.74, 6) is 2.26. The third-order valence-electron chi connectivity index (χ3n) is 2.06. The highest BCUT2D eigenvalue weighted by Crippen LogP contribution is 2.22. The summed E-state index contributed by atoms with van der Waals surface area (Å²) in [6.45, 7) is 2.05. The molecule has 0 aliphatic heterocycles. The first-order chi connectivity index (χ1) is 8.04. The van der Waals surface area contributed by atoms with Crippen LogP contribution in [0.5, 0.6) is 0 Å². The van der Waals surface area contributed by atoms with Gasteiger partial charge < -0.3 is 10.6 Å². The third kappa shape index (κ3) is 4.56. The second-order valence-corrected chi connectivity index (χ2v) is 5.43. The number of halogens is 2. The SMILES string of the molecule is C#CCNC(=O)C(C)Nc1ccc(Br)c(I)c1. The van der Waals surface area contributed by atoms with E-state index in [1.165, 1.54) is 0 Å². The zero-order valence-corrected chi connectivity index (χ0v) is 13.0. The number of rotatable bonds is 4. The van der Waals surface area contributed by atoms with Crippen LogP contribution in [0.3, 0.4) is 0 Å². The van der Waals surface area contributed by atoms with Gasteiger partial charge in [0.25, 0.3) is 0 Å². The molecule has 1 rings (SSSR count). The highest BCUT2D eigenvalue weighted by molar-refractivity contribution is 14.1. The molecule has 2 N–H and O–H groups in total. The summed E-state index contributed by atoms with van der Waals surface area (Å²) in [7, 11) is 0. The fourth-order valence-electron chi connectivity index (χ4n) is 1.19. The maximum Gasteiger partial charge on any atom is 0.242 e. The molecular formula is C12H12BrIN2O. The second-order valence-electron chi connectivity index (χ2n) is 3.42. The van der Waals surface area contributed by atoms with Gasteiger partial charge in [-0.25, -0.2) is 0 Å². The summed E-state index contributed by atoms with van der Waals surface area (Å²) < 4.78 is 2.12. The first kappa shape index (κ1) is 14.3. The van der Waals surface area contributed by atoms with Crippen molar-refractivity contribution in [1.82, 2.24) is 5.32 Å². The van der Waals surface area contributed by atoms with E-state index in [1.807, 2.05) is 18.2 Å². The summed E-state index contributed by atoms with van der Waals surface area (Å²) in [4.78, 5) is 11.6. The van der Waals surface area contributed by atoms with Gasteiger partial charge in [0.1, 0.15) is 6.04 Å². The molecule has 1 unspecified atom stereocenters. The minimum atomic E-state index is -0.319. The van der Waals surface area contributed by atoms with Gasteiger partial charge in [-0.05, 0) is 63.6 Å². The normalized spacial score (nSPS) is 11.4. The van der Waals surface area contributed by atoms with Crippen LogP contribution in [-0.2, 0) is 4.79 Å². The number of nitrogens with one attached hydrogen (secondary N) is 2. The molecule has 1 aromatic rings. The van der Waals surface area contributed by atoms with Crippen LogP contribution in [0, 0.1) is 15.9 Å². The van der Waals surface area contributed by atoms with Crippen molar-refractivity contribution >= 4 is 50.1 Å². The molecule has 0 radical (unpaired) electrons. The van der Waals surface area contributed by atoms with Gasteiger partial charge in [0.2, 0.25) is 5.91 Å². The average Bonchev–Trinajstić information content (AvgIpc) is 2.30. The first-order valence-corrected chi connectivity index (χ1v) is 6.84. The maximum absolute atomic E-state index is 11.6. The summed E-state index contributed by atoms with van der Waals surface area (Å²) in [5.41, 5.74) is 0.904. The zero-order chi connectivity index (χ0) is 12.8. The molecule has 0 aromatic heterocycles. The van der Waals surface area contributed by atoms with Crippen molar-refractivity contribution in [1.29, 1.82) is 0 Å². The Balaban J connectivity index is 2.62. The molecule has 0 saturated heterocycles. The monoisotopic (exact) mass is 406 g/mol. The van der Waals surface area contributed by atoms with Crippen LogP contribution in [0.25, 0.3) is 0 Å². The second kappa shape index (κ2) is 6.87. The van der Waals surface area contributed by atoms with E-state index in [1.54, 1.807) is 6.92 Å². The van der Waals surface area contributed by atoms with E-state index in [0.29, 0.717) is 0 Å². The van der Waals surface area contributed by atoms with E-state index < -0.39 is 0 Å². The molecule has 1 aromatic carbocycles. The van der Waals surface area contributed by atoms with Crippen molar-refractivity contribution in [2.75, 3.05) is 11.9 Å². The largest absolute Gasteiger partial charge is 0.374 e. The summed E-state index contributed by atoms with van der Waals surface area (Å²) in [6.07, 6.45) is 5.07. The van der Waals surface area contributed by atoms with E-state index >= 15 is 0 Å². The van der Waals surface area contributed by atoms with Crippen LogP contribution in [0.2, 0.25) is 0 Å². The van der Waals surface area contributed by atoms with Gasteiger partial charge in [0, 0.05) is 13.7 Å². The molecule has 0 aliphatic rings. The fourth-order valence-corrected chi connectivity index (χ4v) is 1.95.